The molecule has 1 atom stereocenters. The molecule has 0 amide bonds. The van der Waals surface area contributed by atoms with Crippen LogP contribution in [-0.4, -0.2) is 36.7 Å². The van der Waals surface area contributed by atoms with Crippen LogP contribution in [0.25, 0.3) is 10.9 Å². The zero-order valence-corrected chi connectivity index (χ0v) is 12.7. The van der Waals surface area contributed by atoms with Crippen molar-refractivity contribution in [3.8, 4) is 0 Å². The summed E-state index contributed by atoms with van der Waals surface area (Å²) in [4.78, 5) is 18.4. The van der Waals surface area contributed by atoms with Gasteiger partial charge in [-0.05, 0) is 19.1 Å². The monoisotopic (exact) mass is 276 g/mol. The highest BCUT2D eigenvalue weighted by atomic mass is 16.1. The van der Waals surface area contributed by atoms with E-state index in [1.807, 2.05) is 24.3 Å². The molecule has 0 unspecified atom stereocenters. The van der Waals surface area contributed by atoms with Gasteiger partial charge in [0.1, 0.15) is 19.1 Å². The van der Waals surface area contributed by atoms with Gasteiger partial charge in [0.25, 0.3) is 5.56 Å². The van der Waals surface area contributed by atoms with Crippen LogP contribution in [0, 0.1) is 0 Å². The number of quaternary nitrogens is 2. The standard InChI is InChI=1S/C15H22N4O/c1-11(16-9-10-18(2)3)14-17-13-8-6-5-7-12(13)15(20)19(14)4/h5-8,11,16H,9-10H2,1-4H3/p+2/t11-/m1/s1. The predicted molar refractivity (Wildman–Crippen MR) is 79.9 cm³/mol. The van der Waals surface area contributed by atoms with Crippen LogP contribution in [0.15, 0.2) is 29.1 Å². The fourth-order valence-corrected chi connectivity index (χ4v) is 2.37. The van der Waals surface area contributed by atoms with Gasteiger partial charge in [-0.1, -0.05) is 12.1 Å². The van der Waals surface area contributed by atoms with E-state index in [9.17, 15) is 4.79 Å². The highest BCUT2D eigenvalue weighted by Gasteiger charge is 2.16. The Morgan fingerprint density at radius 3 is 2.75 bits per heavy atom. The summed E-state index contributed by atoms with van der Waals surface area (Å²) < 4.78 is 1.67. The van der Waals surface area contributed by atoms with E-state index in [0.717, 1.165) is 24.4 Å². The van der Waals surface area contributed by atoms with Crippen LogP contribution >= 0.6 is 0 Å². The third-order valence-corrected chi connectivity index (χ3v) is 3.59. The topological polar surface area (TPSA) is 55.9 Å². The summed E-state index contributed by atoms with van der Waals surface area (Å²) in [7, 11) is 6.09. The van der Waals surface area contributed by atoms with Crippen molar-refractivity contribution in [1.82, 2.24) is 9.55 Å². The van der Waals surface area contributed by atoms with Crippen molar-refractivity contribution in [2.45, 2.75) is 13.0 Å². The molecule has 0 radical (unpaired) electrons. The number of hydrogen-bond acceptors (Lipinski definition) is 2. The Bertz CT molecular complexity index is 648. The van der Waals surface area contributed by atoms with Gasteiger partial charge < -0.3 is 10.2 Å². The predicted octanol–water partition coefficient (Wildman–Crippen LogP) is -1.30. The molecule has 0 aliphatic carbocycles. The lowest BCUT2D eigenvalue weighted by molar-refractivity contribution is -0.877. The molecule has 3 N–H and O–H groups in total. The number of nitrogens with zero attached hydrogens (tertiary/aromatic N) is 2. The van der Waals surface area contributed by atoms with Crippen molar-refractivity contribution in [3.05, 3.63) is 40.4 Å². The maximum atomic E-state index is 12.3. The SMILES string of the molecule is C[C@@H]([NH2+]CC[NH+](C)C)c1nc2ccccc2c(=O)n1C. The molecule has 0 spiro atoms. The lowest BCUT2D eigenvalue weighted by atomic mass is 10.2. The highest BCUT2D eigenvalue weighted by molar-refractivity contribution is 5.77. The van der Waals surface area contributed by atoms with E-state index in [1.54, 1.807) is 11.6 Å². The van der Waals surface area contributed by atoms with Crippen molar-refractivity contribution in [1.29, 1.82) is 0 Å². The molecular weight excluding hydrogens is 252 g/mol. The number of fused-ring (bicyclic) bond motifs is 1. The lowest BCUT2D eigenvalue weighted by Gasteiger charge is -2.15. The molecule has 0 aliphatic rings. The van der Waals surface area contributed by atoms with Crippen molar-refractivity contribution >= 4 is 10.9 Å². The molecule has 0 aliphatic heterocycles. The third kappa shape index (κ3) is 3.05. The summed E-state index contributed by atoms with van der Waals surface area (Å²) in [5.74, 6) is 0.836. The molecule has 20 heavy (non-hydrogen) atoms. The fraction of sp³-hybridized carbons (Fsp3) is 0.467. The normalized spacial score (nSPS) is 13.1. The first kappa shape index (κ1) is 14.7. The van der Waals surface area contributed by atoms with E-state index in [0.29, 0.717) is 5.39 Å². The Labute approximate surface area is 119 Å². The van der Waals surface area contributed by atoms with Crippen LogP contribution in [-0.2, 0) is 7.05 Å². The minimum absolute atomic E-state index is 0.0316. The average Bonchev–Trinajstić information content (AvgIpc) is 2.42. The molecule has 2 rings (SSSR count). The first-order valence-corrected chi connectivity index (χ1v) is 7.08. The second-order valence-corrected chi connectivity index (χ2v) is 5.62. The number of rotatable bonds is 5. The van der Waals surface area contributed by atoms with E-state index in [-0.39, 0.29) is 11.6 Å². The minimum Gasteiger partial charge on any atom is -0.335 e. The summed E-state index contributed by atoms with van der Waals surface area (Å²) >= 11 is 0. The number of likely N-dealkylation sites (N-methyl/N-ethyl adjacent to an activating group) is 1. The summed E-state index contributed by atoms with van der Waals surface area (Å²) in [6.45, 7) is 4.21. The lowest BCUT2D eigenvalue weighted by Crippen LogP contribution is -3.09. The van der Waals surface area contributed by atoms with Gasteiger partial charge in [-0.15, -0.1) is 0 Å². The molecule has 108 valence electrons. The largest absolute Gasteiger partial charge is 0.335 e. The second-order valence-electron chi connectivity index (χ2n) is 5.62. The van der Waals surface area contributed by atoms with E-state index in [4.69, 9.17) is 0 Å². The molecule has 1 aromatic heterocycles. The molecule has 0 saturated carbocycles. The van der Waals surface area contributed by atoms with Crippen LogP contribution in [0.4, 0.5) is 0 Å². The van der Waals surface area contributed by atoms with Crippen molar-refractivity contribution < 1.29 is 10.2 Å². The van der Waals surface area contributed by atoms with Gasteiger partial charge in [0, 0.05) is 7.05 Å². The first-order chi connectivity index (χ1) is 9.50. The van der Waals surface area contributed by atoms with Crippen LogP contribution in [0.3, 0.4) is 0 Å². The Hall–Kier alpha value is -1.72. The molecule has 1 heterocycles. The van der Waals surface area contributed by atoms with Crippen molar-refractivity contribution in [3.63, 3.8) is 0 Å². The van der Waals surface area contributed by atoms with E-state index < -0.39 is 0 Å². The Kier molecular flexibility index (Phi) is 4.52. The molecule has 2 aromatic rings. The molecule has 0 saturated heterocycles. The summed E-state index contributed by atoms with van der Waals surface area (Å²) in [5, 5.41) is 2.92. The molecular formula is C15H24N4O+2. The number of nitrogens with two attached hydrogens (primary N) is 1. The summed E-state index contributed by atoms with van der Waals surface area (Å²) in [5.41, 5.74) is 0.813. The molecule has 0 fully saturated rings. The summed E-state index contributed by atoms with van der Waals surface area (Å²) in [6.07, 6.45) is 0. The van der Waals surface area contributed by atoms with Gasteiger partial charge in [-0.2, -0.15) is 0 Å². The van der Waals surface area contributed by atoms with Crippen molar-refractivity contribution in [2.75, 3.05) is 27.2 Å². The number of benzene rings is 1. The van der Waals surface area contributed by atoms with Crippen LogP contribution in [0.5, 0.6) is 0 Å². The van der Waals surface area contributed by atoms with Gasteiger partial charge in [-0.25, -0.2) is 4.98 Å². The number of aromatic nitrogens is 2. The smallest absolute Gasteiger partial charge is 0.261 e. The maximum absolute atomic E-state index is 12.3. The van der Waals surface area contributed by atoms with Gasteiger partial charge >= 0.3 is 0 Å². The fourth-order valence-electron chi connectivity index (χ4n) is 2.37. The molecule has 5 heteroatoms. The Balaban J connectivity index is 2.30. The second kappa shape index (κ2) is 6.15. The minimum atomic E-state index is 0.0316. The Morgan fingerprint density at radius 2 is 2.05 bits per heavy atom. The van der Waals surface area contributed by atoms with Gasteiger partial charge in [0.15, 0.2) is 5.82 Å². The quantitative estimate of drug-likeness (QED) is 0.713. The number of hydrogen-bond donors (Lipinski definition) is 2. The molecule has 0 bridgehead atoms. The van der Waals surface area contributed by atoms with Gasteiger partial charge in [0.05, 0.1) is 25.0 Å². The average molecular weight is 276 g/mol. The number of para-hydroxylation sites is 1. The zero-order valence-electron chi connectivity index (χ0n) is 12.7. The third-order valence-electron chi connectivity index (χ3n) is 3.59. The van der Waals surface area contributed by atoms with Crippen LogP contribution in [0.1, 0.15) is 18.8 Å². The number of nitrogens with one attached hydrogen (secondary N) is 1. The van der Waals surface area contributed by atoms with Gasteiger partial charge in [0.2, 0.25) is 0 Å². The van der Waals surface area contributed by atoms with E-state index in [1.165, 1.54) is 4.90 Å². The highest BCUT2D eigenvalue weighted by Crippen LogP contribution is 2.10. The van der Waals surface area contributed by atoms with E-state index >= 15 is 0 Å². The van der Waals surface area contributed by atoms with Gasteiger partial charge in [-0.3, -0.25) is 9.36 Å². The summed E-state index contributed by atoms with van der Waals surface area (Å²) in [6, 6.07) is 7.70. The van der Waals surface area contributed by atoms with Crippen LogP contribution in [0.2, 0.25) is 0 Å². The van der Waals surface area contributed by atoms with E-state index in [2.05, 4.69) is 31.3 Å². The van der Waals surface area contributed by atoms with Crippen LogP contribution < -0.4 is 15.8 Å². The Morgan fingerprint density at radius 1 is 1.35 bits per heavy atom. The maximum Gasteiger partial charge on any atom is 0.261 e. The molecule has 5 nitrogen and oxygen atoms in total. The first-order valence-electron chi connectivity index (χ1n) is 7.08. The van der Waals surface area contributed by atoms with Crippen molar-refractivity contribution in [2.24, 2.45) is 7.05 Å². The molecule has 1 aromatic carbocycles. The zero-order chi connectivity index (χ0) is 14.7.